The van der Waals surface area contributed by atoms with E-state index in [1.165, 1.54) is 0 Å². The van der Waals surface area contributed by atoms with Gasteiger partial charge < -0.3 is 10.6 Å². The molecule has 28 heavy (non-hydrogen) atoms. The molecule has 9 heteroatoms. The van der Waals surface area contributed by atoms with Crippen molar-refractivity contribution in [1.82, 2.24) is 24.9 Å². The standard InChI is InChI=1S/C19H22Cl2N6S/c1-4-26-10-14(13(3)24-26)12(2)22-19(28)23-18-8-9-27(25-18)11-15-16(20)6-5-7-17(15)21/h5-10,12H,4,11H2,1-3H3,(H2,22,23,25,28). The number of thiocarbonyl (C=S) groups is 1. The zero-order valence-electron chi connectivity index (χ0n) is 15.9. The first kappa shape index (κ1) is 20.6. The summed E-state index contributed by atoms with van der Waals surface area (Å²) in [5, 5.41) is 17.1. The number of anilines is 1. The lowest BCUT2D eigenvalue weighted by atomic mass is 10.1. The molecule has 0 aliphatic heterocycles. The zero-order chi connectivity index (χ0) is 20.3. The minimum atomic E-state index is 0.0318. The van der Waals surface area contributed by atoms with Crippen molar-refractivity contribution in [3.8, 4) is 0 Å². The molecule has 0 bridgehead atoms. The predicted molar refractivity (Wildman–Crippen MR) is 118 cm³/mol. The van der Waals surface area contributed by atoms with Crippen LogP contribution in [0.4, 0.5) is 5.82 Å². The van der Waals surface area contributed by atoms with Gasteiger partial charge in [0.2, 0.25) is 0 Å². The van der Waals surface area contributed by atoms with Crippen molar-refractivity contribution >= 4 is 46.4 Å². The van der Waals surface area contributed by atoms with Gasteiger partial charge in [-0.2, -0.15) is 10.2 Å². The average molecular weight is 437 g/mol. The molecule has 6 nitrogen and oxygen atoms in total. The van der Waals surface area contributed by atoms with Crippen LogP contribution in [0.15, 0.2) is 36.7 Å². The number of hydrogen-bond donors (Lipinski definition) is 2. The van der Waals surface area contributed by atoms with E-state index >= 15 is 0 Å². The van der Waals surface area contributed by atoms with Crippen LogP contribution in [0, 0.1) is 6.92 Å². The van der Waals surface area contributed by atoms with Gasteiger partial charge in [-0.15, -0.1) is 0 Å². The summed E-state index contributed by atoms with van der Waals surface area (Å²) in [5.41, 5.74) is 2.94. The predicted octanol–water partition coefficient (Wildman–Crippen LogP) is 4.81. The molecule has 1 unspecified atom stereocenters. The van der Waals surface area contributed by atoms with E-state index in [-0.39, 0.29) is 6.04 Å². The lowest BCUT2D eigenvalue weighted by molar-refractivity contribution is 0.651. The molecule has 0 fully saturated rings. The summed E-state index contributed by atoms with van der Waals surface area (Å²) < 4.78 is 3.68. The SMILES string of the molecule is CCn1cc(C(C)NC(=S)Nc2ccn(Cc3c(Cl)cccc3Cl)n2)c(C)n1. The van der Waals surface area contributed by atoms with Crippen molar-refractivity contribution in [2.75, 3.05) is 5.32 Å². The molecule has 1 aromatic carbocycles. The van der Waals surface area contributed by atoms with Crippen LogP contribution in [0.1, 0.15) is 36.7 Å². The van der Waals surface area contributed by atoms with Crippen molar-refractivity contribution in [3.63, 3.8) is 0 Å². The van der Waals surface area contributed by atoms with Crippen molar-refractivity contribution in [3.05, 3.63) is 63.5 Å². The molecule has 2 heterocycles. The molecule has 3 aromatic rings. The normalized spacial score (nSPS) is 12.0. The molecular weight excluding hydrogens is 415 g/mol. The number of hydrogen-bond acceptors (Lipinski definition) is 3. The fourth-order valence-corrected chi connectivity index (χ4v) is 3.71. The summed E-state index contributed by atoms with van der Waals surface area (Å²) >= 11 is 17.9. The maximum Gasteiger partial charge on any atom is 0.172 e. The van der Waals surface area contributed by atoms with E-state index in [1.54, 1.807) is 4.68 Å². The van der Waals surface area contributed by atoms with E-state index < -0.39 is 0 Å². The summed E-state index contributed by atoms with van der Waals surface area (Å²) in [7, 11) is 0. The van der Waals surface area contributed by atoms with E-state index in [0.717, 1.165) is 23.4 Å². The molecule has 3 rings (SSSR count). The molecule has 1 atom stereocenters. The highest BCUT2D eigenvalue weighted by Crippen LogP contribution is 2.25. The summed E-state index contributed by atoms with van der Waals surface area (Å²) in [6, 6.07) is 7.33. The summed E-state index contributed by atoms with van der Waals surface area (Å²) in [5.74, 6) is 0.647. The van der Waals surface area contributed by atoms with E-state index in [4.69, 9.17) is 35.4 Å². The maximum atomic E-state index is 6.23. The quantitative estimate of drug-likeness (QED) is 0.542. The Hall–Kier alpha value is -2.09. The van der Waals surface area contributed by atoms with Crippen LogP contribution >= 0.6 is 35.4 Å². The van der Waals surface area contributed by atoms with E-state index in [2.05, 4.69) is 34.7 Å². The van der Waals surface area contributed by atoms with Gasteiger partial charge in [-0.3, -0.25) is 9.36 Å². The molecule has 2 aromatic heterocycles. The van der Waals surface area contributed by atoms with Crippen LogP contribution in [0.25, 0.3) is 0 Å². The lowest BCUT2D eigenvalue weighted by Gasteiger charge is -2.15. The Morgan fingerprint density at radius 1 is 1.18 bits per heavy atom. The van der Waals surface area contributed by atoms with Gasteiger partial charge in [0.15, 0.2) is 10.9 Å². The van der Waals surface area contributed by atoms with Crippen LogP contribution in [-0.4, -0.2) is 24.7 Å². The third kappa shape index (κ3) is 4.84. The monoisotopic (exact) mass is 436 g/mol. The molecular formula is C19H22Cl2N6S. The highest BCUT2D eigenvalue weighted by molar-refractivity contribution is 7.80. The lowest BCUT2D eigenvalue weighted by Crippen LogP contribution is -2.31. The highest BCUT2D eigenvalue weighted by atomic mass is 35.5. The molecule has 2 N–H and O–H groups in total. The van der Waals surface area contributed by atoms with Gasteiger partial charge in [-0.1, -0.05) is 29.3 Å². The van der Waals surface area contributed by atoms with Gasteiger partial charge in [0, 0.05) is 46.2 Å². The van der Waals surface area contributed by atoms with Crippen LogP contribution in [0.5, 0.6) is 0 Å². The number of halogens is 2. The fraction of sp³-hybridized carbons (Fsp3) is 0.316. The smallest absolute Gasteiger partial charge is 0.172 e. The third-order valence-corrected chi connectivity index (χ3v) is 5.31. The second-order valence-corrected chi connectivity index (χ2v) is 7.67. The number of nitrogens with zero attached hydrogens (tertiary/aromatic N) is 4. The van der Waals surface area contributed by atoms with Gasteiger partial charge in [0.1, 0.15) is 0 Å². The summed E-state index contributed by atoms with van der Waals surface area (Å²) in [6.07, 6.45) is 3.89. The molecule has 0 radical (unpaired) electrons. The Bertz CT molecular complexity index is 960. The topological polar surface area (TPSA) is 59.7 Å². The Balaban J connectivity index is 1.61. The first-order valence-electron chi connectivity index (χ1n) is 8.95. The van der Waals surface area contributed by atoms with Crippen LogP contribution in [-0.2, 0) is 13.1 Å². The van der Waals surface area contributed by atoms with Crippen molar-refractivity contribution in [2.45, 2.75) is 39.9 Å². The molecule has 0 saturated carbocycles. The number of nitrogens with one attached hydrogen (secondary N) is 2. The number of rotatable bonds is 6. The average Bonchev–Trinajstić information content (AvgIpc) is 3.24. The summed E-state index contributed by atoms with van der Waals surface area (Å²) in [6.45, 7) is 7.43. The number of aromatic nitrogens is 4. The third-order valence-electron chi connectivity index (χ3n) is 4.39. The minimum absolute atomic E-state index is 0.0318. The van der Waals surface area contributed by atoms with E-state index in [9.17, 15) is 0 Å². The maximum absolute atomic E-state index is 6.23. The van der Waals surface area contributed by atoms with Crippen LogP contribution < -0.4 is 10.6 Å². The molecule has 0 saturated heterocycles. The molecule has 0 amide bonds. The molecule has 0 aliphatic rings. The van der Waals surface area contributed by atoms with Crippen LogP contribution in [0.3, 0.4) is 0 Å². The van der Waals surface area contributed by atoms with Gasteiger partial charge >= 0.3 is 0 Å². The fourth-order valence-electron chi connectivity index (χ4n) is 2.91. The first-order valence-corrected chi connectivity index (χ1v) is 10.1. The van der Waals surface area contributed by atoms with E-state index in [1.807, 2.05) is 48.3 Å². The van der Waals surface area contributed by atoms with E-state index in [0.29, 0.717) is 27.5 Å². The Kier molecular flexibility index (Phi) is 6.59. The first-order chi connectivity index (χ1) is 13.4. The second kappa shape index (κ2) is 8.94. The van der Waals surface area contributed by atoms with Crippen LogP contribution in [0.2, 0.25) is 10.0 Å². The zero-order valence-corrected chi connectivity index (χ0v) is 18.2. The Labute approximate surface area is 179 Å². The van der Waals surface area contributed by atoms with Crippen molar-refractivity contribution < 1.29 is 0 Å². The van der Waals surface area contributed by atoms with Crippen molar-refractivity contribution in [2.24, 2.45) is 0 Å². The van der Waals surface area contributed by atoms with Gasteiger partial charge in [0.25, 0.3) is 0 Å². The van der Waals surface area contributed by atoms with Gasteiger partial charge in [-0.05, 0) is 45.1 Å². The van der Waals surface area contributed by atoms with Gasteiger partial charge in [0.05, 0.1) is 18.3 Å². The summed E-state index contributed by atoms with van der Waals surface area (Å²) in [4.78, 5) is 0. The van der Waals surface area contributed by atoms with Gasteiger partial charge in [-0.25, -0.2) is 0 Å². The molecule has 148 valence electrons. The molecule has 0 aliphatic carbocycles. The molecule has 0 spiro atoms. The highest BCUT2D eigenvalue weighted by Gasteiger charge is 2.14. The number of benzene rings is 1. The number of aryl methyl sites for hydroxylation is 2. The Morgan fingerprint density at radius 2 is 1.89 bits per heavy atom. The van der Waals surface area contributed by atoms with Crippen molar-refractivity contribution in [1.29, 1.82) is 0 Å². The largest absolute Gasteiger partial charge is 0.356 e. The minimum Gasteiger partial charge on any atom is -0.356 e. The second-order valence-electron chi connectivity index (χ2n) is 6.44. The Morgan fingerprint density at radius 3 is 2.54 bits per heavy atom.